The van der Waals surface area contributed by atoms with Gasteiger partial charge in [0.15, 0.2) is 0 Å². The van der Waals surface area contributed by atoms with E-state index in [1.54, 1.807) is 17.9 Å². The highest BCUT2D eigenvalue weighted by Crippen LogP contribution is 2.24. The summed E-state index contributed by atoms with van der Waals surface area (Å²) in [5.74, 6) is 0.222. The largest absolute Gasteiger partial charge is 0.462 e. The Bertz CT molecular complexity index is 1020. The van der Waals surface area contributed by atoms with Gasteiger partial charge in [-0.15, -0.1) is 0 Å². The first-order valence-electron chi connectivity index (χ1n) is 11.9. The fraction of sp³-hybridized carbons (Fsp3) is 0.462. The molecule has 0 spiro atoms. The molecule has 34 heavy (non-hydrogen) atoms. The van der Waals surface area contributed by atoms with E-state index in [1.807, 2.05) is 42.2 Å². The Balaban J connectivity index is 1.32. The number of benzene rings is 1. The second kappa shape index (κ2) is 10.7. The molecule has 2 aliphatic rings. The first-order chi connectivity index (χ1) is 16.4. The molecule has 2 aliphatic heterocycles. The predicted octanol–water partition coefficient (Wildman–Crippen LogP) is 2.65. The number of hydrogen-bond acceptors (Lipinski definition) is 6. The number of pyridine rings is 1. The summed E-state index contributed by atoms with van der Waals surface area (Å²) in [6.45, 7) is 7.84. The van der Waals surface area contributed by atoms with Gasteiger partial charge in [0.2, 0.25) is 11.8 Å². The van der Waals surface area contributed by atoms with Gasteiger partial charge in [-0.3, -0.25) is 9.59 Å². The van der Waals surface area contributed by atoms with Crippen molar-refractivity contribution in [3.8, 4) is 0 Å². The molecule has 2 saturated heterocycles. The number of esters is 1. The van der Waals surface area contributed by atoms with Gasteiger partial charge in [-0.25, -0.2) is 9.78 Å². The fourth-order valence-electron chi connectivity index (χ4n) is 4.54. The van der Waals surface area contributed by atoms with E-state index in [-0.39, 0.29) is 30.1 Å². The van der Waals surface area contributed by atoms with E-state index >= 15 is 0 Å². The number of hydrogen-bond donors (Lipinski definition) is 0. The highest BCUT2D eigenvalue weighted by atomic mass is 16.5. The second-order valence-electron chi connectivity index (χ2n) is 8.95. The van der Waals surface area contributed by atoms with Gasteiger partial charge in [0.05, 0.1) is 18.1 Å². The van der Waals surface area contributed by atoms with Crippen LogP contribution in [0.5, 0.6) is 0 Å². The van der Waals surface area contributed by atoms with E-state index in [9.17, 15) is 14.4 Å². The van der Waals surface area contributed by atoms with E-state index < -0.39 is 0 Å². The molecule has 2 fully saturated rings. The molecule has 1 aromatic heterocycles. The summed E-state index contributed by atoms with van der Waals surface area (Å²) in [5, 5.41) is 0. The molecule has 0 saturated carbocycles. The van der Waals surface area contributed by atoms with Crippen molar-refractivity contribution < 1.29 is 19.1 Å². The van der Waals surface area contributed by atoms with Crippen molar-refractivity contribution in [2.24, 2.45) is 5.92 Å². The van der Waals surface area contributed by atoms with Crippen molar-refractivity contribution in [1.82, 2.24) is 14.8 Å². The van der Waals surface area contributed by atoms with Crippen LogP contribution >= 0.6 is 0 Å². The number of rotatable bonds is 6. The number of aryl methyl sites for hydroxylation is 1. The van der Waals surface area contributed by atoms with E-state index in [0.717, 1.165) is 24.3 Å². The minimum atomic E-state index is -0.378. The van der Waals surface area contributed by atoms with Crippen LogP contribution in [-0.4, -0.2) is 71.9 Å². The number of aromatic nitrogens is 1. The molecular formula is C26H32N4O4. The van der Waals surface area contributed by atoms with Gasteiger partial charge in [-0.05, 0) is 38.0 Å². The Morgan fingerprint density at radius 2 is 1.85 bits per heavy atom. The summed E-state index contributed by atoms with van der Waals surface area (Å²) in [5.41, 5.74) is 2.70. The number of anilines is 1. The molecule has 180 valence electrons. The first-order valence-corrected chi connectivity index (χ1v) is 11.9. The number of amides is 2. The topological polar surface area (TPSA) is 83.0 Å². The van der Waals surface area contributed by atoms with Crippen molar-refractivity contribution in [1.29, 1.82) is 0 Å². The maximum absolute atomic E-state index is 13.2. The van der Waals surface area contributed by atoms with Crippen molar-refractivity contribution in [2.75, 3.05) is 44.2 Å². The van der Waals surface area contributed by atoms with Crippen LogP contribution in [-0.2, 0) is 20.9 Å². The minimum Gasteiger partial charge on any atom is -0.462 e. The minimum absolute atomic E-state index is 0.0428. The molecule has 0 radical (unpaired) electrons. The van der Waals surface area contributed by atoms with Crippen LogP contribution in [0.4, 0.5) is 5.82 Å². The van der Waals surface area contributed by atoms with Crippen molar-refractivity contribution >= 4 is 23.6 Å². The number of likely N-dealkylation sites (tertiary alicyclic amines) is 1. The molecule has 1 unspecified atom stereocenters. The van der Waals surface area contributed by atoms with E-state index in [4.69, 9.17) is 4.74 Å². The maximum atomic E-state index is 13.2. The highest BCUT2D eigenvalue weighted by molar-refractivity contribution is 5.90. The second-order valence-corrected chi connectivity index (χ2v) is 8.95. The summed E-state index contributed by atoms with van der Waals surface area (Å²) in [6, 6.07) is 11.7. The summed E-state index contributed by atoms with van der Waals surface area (Å²) in [7, 11) is 0. The zero-order valence-corrected chi connectivity index (χ0v) is 19.9. The normalized spacial score (nSPS) is 18.7. The van der Waals surface area contributed by atoms with Crippen molar-refractivity contribution in [3.63, 3.8) is 0 Å². The average molecular weight is 465 g/mol. The molecule has 1 aromatic carbocycles. The Morgan fingerprint density at radius 3 is 2.56 bits per heavy atom. The molecule has 3 heterocycles. The highest BCUT2D eigenvalue weighted by Gasteiger charge is 2.36. The number of carbonyl (C=O) groups is 3. The van der Waals surface area contributed by atoms with E-state index in [2.05, 4.69) is 9.88 Å². The van der Waals surface area contributed by atoms with Crippen molar-refractivity contribution in [3.05, 3.63) is 59.3 Å². The monoisotopic (exact) mass is 464 g/mol. The van der Waals surface area contributed by atoms with Crippen LogP contribution < -0.4 is 4.90 Å². The fourth-order valence-corrected chi connectivity index (χ4v) is 4.54. The molecule has 1 atom stereocenters. The van der Waals surface area contributed by atoms with Crippen LogP contribution in [0.25, 0.3) is 0 Å². The van der Waals surface area contributed by atoms with E-state index in [0.29, 0.717) is 44.9 Å². The van der Waals surface area contributed by atoms with Gasteiger partial charge in [0.25, 0.3) is 0 Å². The lowest BCUT2D eigenvalue weighted by Gasteiger charge is -2.25. The first kappa shape index (κ1) is 23.7. The van der Waals surface area contributed by atoms with Gasteiger partial charge in [-0.1, -0.05) is 29.8 Å². The number of carbonyl (C=O) groups excluding carboxylic acids is 3. The van der Waals surface area contributed by atoms with Gasteiger partial charge in [0, 0.05) is 51.9 Å². The van der Waals surface area contributed by atoms with Gasteiger partial charge in [-0.2, -0.15) is 0 Å². The van der Waals surface area contributed by atoms with Crippen LogP contribution in [0.3, 0.4) is 0 Å². The summed E-state index contributed by atoms with van der Waals surface area (Å²) >= 11 is 0. The third-order valence-corrected chi connectivity index (χ3v) is 6.45. The van der Waals surface area contributed by atoms with Gasteiger partial charge >= 0.3 is 5.97 Å². The summed E-state index contributed by atoms with van der Waals surface area (Å²) in [4.78, 5) is 47.9. The van der Waals surface area contributed by atoms with Gasteiger partial charge < -0.3 is 19.4 Å². The number of nitrogens with zero attached hydrogens (tertiary/aromatic N) is 4. The lowest BCUT2D eigenvalue weighted by Crippen LogP contribution is -2.40. The standard InChI is InChI=1S/C26H32N4O4/c1-3-34-26(33)21-9-10-23(27-16-21)28-11-4-12-29(14-13-28)25(32)22-15-24(31)30(18-22)17-20-7-5-19(2)6-8-20/h5-10,16,22H,3-4,11-15,17-18H2,1-2H3. The quantitative estimate of drug-likeness (QED) is 0.612. The van der Waals surface area contributed by atoms with Gasteiger partial charge in [0.1, 0.15) is 5.82 Å². The molecular weight excluding hydrogens is 432 g/mol. The maximum Gasteiger partial charge on any atom is 0.339 e. The lowest BCUT2D eigenvalue weighted by atomic mass is 10.1. The van der Waals surface area contributed by atoms with E-state index in [1.165, 1.54) is 11.8 Å². The lowest BCUT2D eigenvalue weighted by molar-refractivity contribution is -0.135. The Morgan fingerprint density at radius 1 is 1.06 bits per heavy atom. The Kier molecular flexibility index (Phi) is 7.45. The smallest absolute Gasteiger partial charge is 0.339 e. The SMILES string of the molecule is CCOC(=O)c1ccc(N2CCCN(C(=O)C3CC(=O)N(Cc4ccc(C)cc4)C3)CC2)nc1. The number of ether oxygens (including phenoxy) is 1. The molecule has 0 bridgehead atoms. The Labute approximate surface area is 200 Å². The zero-order valence-electron chi connectivity index (χ0n) is 19.9. The molecule has 8 heteroatoms. The van der Waals surface area contributed by atoms with Crippen LogP contribution in [0.1, 0.15) is 41.3 Å². The average Bonchev–Trinajstić information content (AvgIpc) is 3.04. The summed E-state index contributed by atoms with van der Waals surface area (Å²) in [6.07, 6.45) is 2.64. The van der Waals surface area contributed by atoms with Crippen LogP contribution in [0.15, 0.2) is 42.6 Å². The molecule has 2 amide bonds. The third-order valence-electron chi connectivity index (χ3n) is 6.45. The molecule has 4 rings (SSSR count). The molecule has 8 nitrogen and oxygen atoms in total. The van der Waals surface area contributed by atoms with Crippen molar-refractivity contribution in [2.45, 2.75) is 33.2 Å². The van der Waals surface area contributed by atoms with Crippen LogP contribution in [0.2, 0.25) is 0 Å². The molecule has 0 N–H and O–H groups in total. The zero-order chi connectivity index (χ0) is 24.1. The summed E-state index contributed by atoms with van der Waals surface area (Å²) < 4.78 is 5.01. The third kappa shape index (κ3) is 5.55. The predicted molar refractivity (Wildman–Crippen MR) is 128 cm³/mol. The molecule has 0 aliphatic carbocycles. The van der Waals surface area contributed by atoms with Crippen LogP contribution in [0, 0.1) is 12.8 Å². The molecule has 2 aromatic rings. The Hall–Kier alpha value is -3.42.